The van der Waals surface area contributed by atoms with Gasteiger partial charge in [-0.25, -0.2) is 0 Å². The normalized spacial score (nSPS) is 12.8. The number of rotatable bonds is 3. The highest BCUT2D eigenvalue weighted by Crippen LogP contribution is 1.93. The van der Waals surface area contributed by atoms with Gasteiger partial charge in [0.2, 0.25) is 0 Å². The molecule has 2 N–H and O–H groups in total. The second kappa shape index (κ2) is 4.32. The van der Waals surface area contributed by atoms with Gasteiger partial charge in [0.1, 0.15) is 0 Å². The molecule has 3 nitrogen and oxygen atoms in total. The second-order valence-corrected chi connectivity index (χ2v) is 2.09. The van der Waals surface area contributed by atoms with Gasteiger partial charge in [0.15, 0.2) is 0 Å². The summed E-state index contributed by atoms with van der Waals surface area (Å²) in [6.45, 7) is 1.86. The lowest BCUT2D eigenvalue weighted by Crippen LogP contribution is -2.16. The number of carbonyl (C=O) groups is 1. The molecule has 0 bridgehead atoms. The van der Waals surface area contributed by atoms with Crippen LogP contribution >= 0.6 is 0 Å². The molecular weight excluding hydrogens is 118 g/mol. The summed E-state index contributed by atoms with van der Waals surface area (Å²) in [7, 11) is 1.38. The van der Waals surface area contributed by atoms with Crippen molar-refractivity contribution < 1.29 is 9.53 Å². The van der Waals surface area contributed by atoms with Crippen LogP contribution in [0.15, 0.2) is 0 Å². The van der Waals surface area contributed by atoms with Crippen LogP contribution in [0.5, 0.6) is 0 Å². The van der Waals surface area contributed by atoms with Crippen LogP contribution in [-0.2, 0) is 9.53 Å². The van der Waals surface area contributed by atoms with Crippen LogP contribution in [0, 0.1) is 0 Å². The number of ether oxygens (including phenoxy) is 1. The number of nitrogens with two attached hydrogens (primary N) is 1. The third kappa shape index (κ3) is 5.30. The average Bonchev–Trinajstić information content (AvgIpc) is 1.83. The van der Waals surface area contributed by atoms with Crippen molar-refractivity contribution in [2.75, 3.05) is 7.11 Å². The summed E-state index contributed by atoms with van der Waals surface area (Å²) in [5.74, 6) is -0.188. The van der Waals surface area contributed by atoms with Gasteiger partial charge in [-0.2, -0.15) is 0 Å². The maximum absolute atomic E-state index is 10.4. The fraction of sp³-hybridized carbons (Fsp3) is 0.833. The van der Waals surface area contributed by atoms with E-state index in [1.54, 1.807) is 0 Å². The monoisotopic (exact) mass is 131 g/mol. The lowest BCUT2D eigenvalue weighted by molar-refractivity contribution is -0.140. The summed E-state index contributed by atoms with van der Waals surface area (Å²) in [6, 6.07) is 0.0871. The zero-order valence-corrected chi connectivity index (χ0v) is 5.89. The number of hydrogen-bond acceptors (Lipinski definition) is 3. The summed E-state index contributed by atoms with van der Waals surface area (Å²) in [4.78, 5) is 10.4. The molecule has 0 aromatic carbocycles. The van der Waals surface area contributed by atoms with Crippen molar-refractivity contribution in [1.82, 2.24) is 0 Å². The molecule has 0 heterocycles. The summed E-state index contributed by atoms with van der Waals surface area (Å²) in [5, 5.41) is 0. The highest BCUT2D eigenvalue weighted by molar-refractivity contribution is 5.69. The molecule has 0 aromatic rings. The van der Waals surface area contributed by atoms with E-state index in [0.717, 1.165) is 0 Å². The van der Waals surface area contributed by atoms with E-state index in [0.29, 0.717) is 12.8 Å². The second-order valence-electron chi connectivity index (χ2n) is 2.09. The van der Waals surface area contributed by atoms with Crippen LogP contribution in [-0.4, -0.2) is 19.1 Å². The molecule has 3 heteroatoms. The molecule has 0 spiro atoms. The topological polar surface area (TPSA) is 52.3 Å². The van der Waals surface area contributed by atoms with E-state index in [9.17, 15) is 4.79 Å². The predicted octanol–water partition coefficient (Wildman–Crippen LogP) is 0.287. The van der Waals surface area contributed by atoms with Crippen LogP contribution in [0.4, 0.5) is 0 Å². The first-order valence-corrected chi connectivity index (χ1v) is 2.99. The number of carbonyl (C=O) groups excluding carboxylic acids is 1. The quantitative estimate of drug-likeness (QED) is 0.560. The molecule has 0 aliphatic heterocycles. The summed E-state index contributed by atoms with van der Waals surface area (Å²) in [6.07, 6.45) is 1.13. The molecule has 0 radical (unpaired) electrons. The summed E-state index contributed by atoms with van der Waals surface area (Å²) >= 11 is 0. The first-order valence-electron chi connectivity index (χ1n) is 2.99. The standard InChI is InChI=1S/C6H13NO2/c1-5(7)3-4-6(8)9-2/h5H,3-4,7H2,1-2H3. The minimum absolute atomic E-state index is 0.0871. The van der Waals surface area contributed by atoms with E-state index in [1.807, 2.05) is 6.92 Å². The molecule has 0 aromatic heterocycles. The maximum atomic E-state index is 10.4. The molecule has 9 heavy (non-hydrogen) atoms. The third-order valence-electron chi connectivity index (χ3n) is 1.03. The molecule has 1 atom stereocenters. The lowest BCUT2D eigenvalue weighted by Gasteiger charge is -2.01. The van der Waals surface area contributed by atoms with Gasteiger partial charge in [-0.3, -0.25) is 4.79 Å². The Bertz CT molecular complexity index is 91.1. The molecule has 0 fully saturated rings. The first kappa shape index (κ1) is 8.43. The van der Waals surface area contributed by atoms with Crippen LogP contribution < -0.4 is 5.73 Å². The SMILES string of the molecule is COC(=O)CCC(C)N. The summed E-state index contributed by atoms with van der Waals surface area (Å²) < 4.78 is 4.41. The molecule has 0 aliphatic rings. The minimum atomic E-state index is -0.188. The van der Waals surface area contributed by atoms with Gasteiger partial charge in [0, 0.05) is 12.5 Å². The maximum Gasteiger partial charge on any atom is 0.305 e. The van der Waals surface area contributed by atoms with E-state index >= 15 is 0 Å². The Balaban J connectivity index is 3.17. The minimum Gasteiger partial charge on any atom is -0.469 e. The van der Waals surface area contributed by atoms with Gasteiger partial charge in [-0.1, -0.05) is 0 Å². The Morgan fingerprint density at radius 2 is 2.33 bits per heavy atom. The van der Waals surface area contributed by atoms with Gasteiger partial charge in [0.25, 0.3) is 0 Å². The van der Waals surface area contributed by atoms with Crippen molar-refractivity contribution in [3.63, 3.8) is 0 Å². The van der Waals surface area contributed by atoms with Crippen LogP contribution in [0.1, 0.15) is 19.8 Å². The average molecular weight is 131 g/mol. The Morgan fingerprint density at radius 3 is 2.67 bits per heavy atom. The van der Waals surface area contributed by atoms with Gasteiger partial charge in [-0.05, 0) is 13.3 Å². The molecule has 1 unspecified atom stereocenters. The van der Waals surface area contributed by atoms with Crippen LogP contribution in [0.3, 0.4) is 0 Å². The molecule has 54 valence electrons. The molecule has 0 amide bonds. The molecule has 0 saturated carbocycles. The zero-order chi connectivity index (χ0) is 7.28. The van der Waals surface area contributed by atoms with Crippen molar-refractivity contribution in [2.45, 2.75) is 25.8 Å². The molecule has 0 aliphatic carbocycles. The Morgan fingerprint density at radius 1 is 1.78 bits per heavy atom. The van der Waals surface area contributed by atoms with Crippen molar-refractivity contribution in [2.24, 2.45) is 5.73 Å². The zero-order valence-electron chi connectivity index (χ0n) is 5.89. The van der Waals surface area contributed by atoms with E-state index in [-0.39, 0.29) is 12.0 Å². The van der Waals surface area contributed by atoms with E-state index in [2.05, 4.69) is 4.74 Å². The number of hydrogen-bond donors (Lipinski definition) is 1. The number of esters is 1. The van der Waals surface area contributed by atoms with Crippen LogP contribution in [0.2, 0.25) is 0 Å². The van der Waals surface area contributed by atoms with Crippen molar-refractivity contribution in [1.29, 1.82) is 0 Å². The Hall–Kier alpha value is -0.570. The molecular formula is C6H13NO2. The largest absolute Gasteiger partial charge is 0.469 e. The fourth-order valence-electron chi connectivity index (χ4n) is 0.448. The van der Waals surface area contributed by atoms with Crippen molar-refractivity contribution in [3.05, 3.63) is 0 Å². The van der Waals surface area contributed by atoms with Crippen molar-refractivity contribution >= 4 is 5.97 Å². The van der Waals surface area contributed by atoms with Gasteiger partial charge in [-0.15, -0.1) is 0 Å². The Kier molecular flexibility index (Phi) is 4.05. The Labute approximate surface area is 55.2 Å². The molecule has 0 saturated heterocycles. The predicted molar refractivity (Wildman–Crippen MR) is 34.9 cm³/mol. The highest BCUT2D eigenvalue weighted by atomic mass is 16.5. The highest BCUT2D eigenvalue weighted by Gasteiger charge is 2.00. The first-order chi connectivity index (χ1) is 4.16. The number of methoxy groups -OCH3 is 1. The third-order valence-corrected chi connectivity index (χ3v) is 1.03. The van der Waals surface area contributed by atoms with E-state index in [1.165, 1.54) is 7.11 Å². The molecule has 0 rings (SSSR count). The van der Waals surface area contributed by atoms with Gasteiger partial charge < -0.3 is 10.5 Å². The van der Waals surface area contributed by atoms with Crippen LogP contribution in [0.25, 0.3) is 0 Å². The fourth-order valence-corrected chi connectivity index (χ4v) is 0.448. The van der Waals surface area contributed by atoms with Crippen molar-refractivity contribution in [3.8, 4) is 0 Å². The summed E-state index contributed by atoms with van der Waals surface area (Å²) in [5.41, 5.74) is 5.39. The smallest absolute Gasteiger partial charge is 0.305 e. The lowest BCUT2D eigenvalue weighted by atomic mass is 10.2. The van der Waals surface area contributed by atoms with Gasteiger partial charge in [0.05, 0.1) is 7.11 Å². The van der Waals surface area contributed by atoms with E-state index < -0.39 is 0 Å². The van der Waals surface area contributed by atoms with Gasteiger partial charge >= 0.3 is 5.97 Å². The van der Waals surface area contributed by atoms with E-state index in [4.69, 9.17) is 5.73 Å².